The summed E-state index contributed by atoms with van der Waals surface area (Å²) in [5.41, 5.74) is 0. The minimum atomic E-state index is -3.17. The van der Waals surface area contributed by atoms with Crippen molar-refractivity contribution in [2.24, 2.45) is 0 Å². The third-order valence-electron chi connectivity index (χ3n) is 0. The van der Waals surface area contributed by atoms with Crippen LogP contribution in [0.2, 0.25) is 0 Å². The summed E-state index contributed by atoms with van der Waals surface area (Å²) in [5.74, 6) is 0. The Bertz CT molecular complexity index is 14.4. The SMILES string of the molecule is [O-]B([O-])F.[SnH2+2]. The van der Waals surface area contributed by atoms with Crippen LogP contribution < -0.4 is 10.0 Å². The molecule has 0 aliphatic carbocycles. The maximum atomic E-state index is 9.89. The average molecular weight is 183 g/mol. The molecular formula is H2BFO2Sn. The minimum absolute atomic E-state index is 0. The summed E-state index contributed by atoms with van der Waals surface area (Å²) in [6, 6.07) is 0. The molecule has 0 saturated heterocycles. The van der Waals surface area contributed by atoms with Gasteiger partial charge in [-0.3, -0.25) is 0 Å². The van der Waals surface area contributed by atoms with Crippen LogP contribution in [0.15, 0.2) is 0 Å². The van der Waals surface area contributed by atoms with Crippen LogP contribution in [0.1, 0.15) is 0 Å². The fraction of sp³-hybridized carbons (Fsp3) is 0. The number of rotatable bonds is 0. The maximum absolute atomic E-state index is 9.89. The van der Waals surface area contributed by atoms with Gasteiger partial charge in [0.05, 0.1) is 0 Å². The van der Waals surface area contributed by atoms with Gasteiger partial charge in [0.25, 0.3) is 0 Å². The van der Waals surface area contributed by atoms with Gasteiger partial charge in [0.1, 0.15) is 7.40 Å². The summed E-state index contributed by atoms with van der Waals surface area (Å²) < 4.78 is 9.89. The summed E-state index contributed by atoms with van der Waals surface area (Å²) in [6.07, 6.45) is 0. The third-order valence-corrected chi connectivity index (χ3v) is 0. The second kappa shape index (κ2) is 4.71. The van der Waals surface area contributed by atoms with Gasteiger partial charge in [-0.25, -0.2) is 0 Å². The monoisotopic (exact) mass is 184 g/mol. The van der Waals surface area contributed by atoms with E-state index < -0.39 is 7.40 Å². The van der Waals surface area contributed by atoms with Gasteiger partial charge in [0, 0.05) is 0 Å². The molecule has 0 rings (SSSR count). The van der Waals surface area contributed by atoms with Gasteiger partial charge in [-0.15, -0.1) is 0 Å². The van der Waals surface area contributed by atoms with Crippen molar-refractivity contribution >= 4 is 31.3 Å². The van der Waals surface area contributed by atoms with Gasteiger partial charge in [0.2, 0.25) is 0 Å². The van der Waals surface area contributed by atoms with Gasteiger partial charge in [-0.2, -0.15) is 0 Å². The molecule has 0 aromatic rings. The van der Waals surface area contributed by atoms with E-state index in [4.69, 9.17) is 10.0 Å². The Hall–Kier alpha value is 0.714. The first-order valence-corrected chi connectivity index (χ1v) is 0.690. The van der Waals surface area contributed by atoms with E-state index in [1.807, 2.05) is 0 Å². The van der Waals surface area contributed by atoms with E-state index in [0.717, 1.165) is 0 Å². The molecule has 0 fully saturated rings. The Balaban J connectivity index is 0. The molecule has 0 bridgehead atoms. The van der Waals surface area contributed by atoms with E-state index in [1.54, 1.807) is 0 Å². The van der Waals surface area contributed by atoms with Crippen LogP contribution in [-0.4, -0.2) is 31.3 Å². The molecule has 0 N–H and O–H groups in total. The zero-order valence-corrected chi connectivity index (χ0v) is 6.52. The molecule has 28 valence electrons. The van der Waals surface area contributed by atoms with E-state index in [1.165, 1.54) is 0 Å². The molecular weight excluding hydrogens is 181 g/mol. The molecule has 0 aromatic heterocycles. The van der Waals surface area contributed by atoms with Crippen molar-refractivity contribution in [2.45, 2.75) is 0 Å². The normalized spacial score (nSPS) is 5.40. The van der Waals surface area contributed by atoms with E-state index in [0.29, 0.717) is 0 Å². The first kappa shape index (κ1) is 9.21. The fourth-order valence-corrected chi connectivity index (χ4v) is 0. The molecule has 0 amide bonds. The Kier molecular flexibility index (Phi) is 8.68. The van der Waals surface area contributed by atoms with Crippen molar-refractivity contribution in [3.63, 3.8) is 0 Å². The second-order valence-electron chi connectivity index (χ2n) is 0.274. The van der Waals surface area contributed by atoms with Crippen molar-refractivity contribution in [1.29, 1.82) is 0 Å². The van der Waals surface area contributed by atoms with E-state index >= 15 is 0 Å². The molecule has 2 nitrogen and oxygen atoms in total. The Labute approximate surface area is 46.1 Å². The summed E-state index contributed by atoms with van der Waals surface area (Å²) >= 11 is 0. The number of hydrogen-bond acceptors (Lipinski definition) is 2. The first-order chi connectivity index (χ1) is 1.73. The molecule has 0 atom stereocenters. The number of halogens is 1. The van der Waals surface area contributed by atoms with Crippen molar-refractivity contribution in [2.75, 3.05) is 0 Å². The zero-order chi connectivity index (χ0) is 3.58. The molecule has 5 heteroatoms. The van der Waals surface area contributed by atoms with Gasteiger partial charge < -0.3 is 14.4 Å². The summed E-state index contributed by atoms with van der Waals surface area (Å²) in [5, 5.41) is 16.6. The topological polar surface area (TPSA) is 46.1 Å². The molecule has 0 spiro atoms. The predicted octanol–water partition coefficient (Wildman–Crippen LogP) is -3.25. The summed E-state index contributed by atoms with van der Waals surface area (Å²) in [4.78, 5) is 0. The summed E-state index contributed by atoms with van der Waals surface area (Å²) in [6.45, 7) is 0. The number of hydrogen-bond donors (Lipinski definition) is 0. The molecule has 0 aromatic carbocycles. The van der Waals surface area contributed by atoms with Crippen LogP contribution in [0.5, 0.6) is 0 Å². The van der Waals surface area contributed by atoms with Crippen LogP contribution in [0, 0.1) is 0 Å². The van der Waals surface area contributed by atoms with Crippen LogP contribution in [0.4, 0.5) is 4.32 Å². The van der Waals surface area contributed by atoms with Crippen molar-refractivity contribution in [3.8, 4) is 0 Å². The van der Waals surface area contributed by atoms with Gasteiger partial charge in [-0.05, 0) is 0 Å². The van der Waals surface area contributed by atoms with Crippen molar-refractivity contribution < 1.29 is 14.4 Å². The van der Waals surface area contributed by atoms with Crippen LogP contribution in [-0.2, 0) is 0 Å². The standard InChI is InChI=1S/BFO2.Sn.2H/c2-1(3)4;;;/q-2;+2;;. The fourth-order valence-electron chi connectivity index (χ4n) is 0. The van der Waals surface area contributed by atoms with Crippen LogP contribution in [0.25, 0.3) is 0 Å². The van der Waals surface area contributed by atoms with Gasteiger partial charge in [-0.1, -0.05) is 0 Å². The molecule has 0 aliphatic rings. The van der Waals surface area contributed by atoms with E-state index in [2.05, 4.69) is 0 Å². The predicted molar refractivity (Wildman–Crippen MR) is 15.4 cm³/mol. The molecule has 0 unspecified atom stereocenters. The molecule has 0 aliphatic heterocycles. The van der Waals surface area contributed by atoms with Gasteiger partial charge in [0.15, 0.2) is 0 Å². The first-order valence-electron chi connectivity index (χ1n) is 0.690. The van der Waals surface area contributed by atoms with Crippen LogP contribution >= 0.6 is 0 Å². The average Bonchev–Trinajstić information content (AvgIpc) is 0.811. The van der Waals surface area contributed by atoms with Crippen LogP contribution in [0.3, 0.4) is 0 Å². The molecule has 0 radical (unpaired) electrons. The molecule has 0 saturated carbocycles. The van der Waals surface area contributed by atoms with Gasteiger partial charge >= 0.3 is 23.9 Å². The zero-order valence-electron chi connectivity index (χ0n) is 2.48. The third kappa shape index (κ3) is 68.2. The Morgan fingerprint density at radius 2 is 1.40 bits per heavy atom. The van der Waals surface area contributed by atoms with E-state index in [9.17, 15) is 4.32 Å². The molecule has 0 heterocycles. The van der Waals surface area contributed by atoms with E-state index in [-0.39, 0.29) is 23.9 Å². The Morgan fingerprint density at radius 3 is 1.40 bits per heavy atom. The van der Waals surface area contributed by atoms with Crippen molar-refractivity contribution in [1.82, 2.24) is 0 Å². The Morgan fingerprint density at radius 1 is 1.40 bits per heavy atom. The summed E-state index contributed by atoms with van der Waals surface area (Å²) in [7, 11) is -3.17. The van der Waals surface area contributed by atoms with Crippen molar-refractivity contribution in [3.05, 3.63) is 0 Å². The quantitative estimate of drug-likeness (QED) is 0.370. The second-order valence-corrected chi connectivity index (χ2v) is 0.274. The molecule has 5 heavy (non-hydrogen) atoms.